The summed E-state index contributed by atoms with van der Waals surface area (Å²) in [6.07, 6.45) is 0.0932. The molecule has 4 aromatic carbocycles. The van der Waals surface area contributed by atoms with Gasteiger partial charge in [-0.05, 0) is 35.4 Å². The summed E-state index contributed by atoms with van der Waals surface area (Å²) in [5.74, 6) is -6.51. The molecule has 2 heterocycles. The molecule has 0 aromatic heterocycles. The van der Waals surface area contributed by atoms with Crippen LogP contribution in [0.15, 0.2) is 145 Å². The van der Waals surface area contributed by atoms with Crippen LogP contribution in [0.1, 0.15) is 23.0 Å². The SMILES string of the molecule is COC(=O)C1=CN(C(=O)Oc2ccccc2)C2C(C(=O)OC)(C3N(C(=O)Oc4ccccc4)C=C(C(=O)OC)[C@H](c4ccccc4)C23C(=O)OC)[C@@H]1c1ccccc1. The van der Waals surface area contributed by atoms with Gasteiger partial charge in [-0.3, -0.25) is 19.4 Å². The lowest BCUT2D eigenvalue weighted by Gasteiger charge is -2.73. The predicted molar refractivity (Wildman–Crippen MR) is 204 cm³/mol. The molecule has 0 bridgehead atoms. The van der Waals surface area contributed by atoms with E-state index in [1.165, 1.54) is 36.7 Å². The van der Waals surface area contributed by atoms with Crippen LogP contribution in [0.2, 0.25) is 0 Å². The highest BCUT2D eigenvalue weighted by Crippen LogP contribution is 2.74. The highest BCUT2D eigenvalue weighted by molar-refractivity contribution is 6.03. The fraction of sp³-hybridized carbons (Fsp3) is 0.227. The summed E-state index contributed by atoms with van der Waals surface area (Å²) < 4.78 is 33.6. The van der Waals surface area contributed by atoms with E-state index >= 15 is 9.59 Å². The number of hydrogen-bond donors (Lipinski definition) is 0. The summed E-state index contributed by atoms with van der Waals surface area (Å²) >= 11 is 0. The minimum absolute atomic E-state index is 0.0869. The molecule has 14 nitrogen and oxygen atoms in total. The topological polar surface area (TPSA) is 164 Å². The molecule has 0 N–H and O–H groups in total. The third kappa shape index (κ3) is 5.95. The van der Waals surface area contributed by atoms with Gasteiger partial charge in [0.15, 0.2) is 0 Å². The molecule has 296 valence electrons. The van der Waals surface area contributed by atoms with Gasteiger partial charge in [0.25, 0.3) is 0 Å². The Labute approximate surface area is 333 Å². The van der Waals surface area contributed by atoms with Crippen molar-refractivity contribution in [3.05, 3.63) is 156 Å². The fourth-order valence-corrected chi connectivity index (χ4v) is 9.07. The average molecular weight is 787 g/mol. The molecule has 1 fully saturated rings. The number of methoxy groups -OCH3 is 4. The lowest BCUT2D eigenvalue weighted by atomic mass is 9.34. The van der Waals surface area contributed by atoms with Crippen molar-refractivity contribution in [2.75, 3.05) is 28.4 Å². The number of amides is 2. The largest absolute Gasteiger partial charge is 0.468 e. The Balaban J connectivity index is 1.64. The highest BCUT2D eigenvalue weighted by Gasteiger charge is 2.89. The van der Waals surface area contributed by atoms with Crippen molar-refractivity contribution in [1.29, 1.82) is 0 Å². The number of rotatable bonds is 8. The van der Waals surface area contributed by atoms with Gasteiger partial charge in [0.2, 0.25) is 0 Å². The van der Waals surface area contributed by atoms with Gasteiger partial charge in [-0.25, -0.2) is 19.2 Å². The molecule has 2 aliphatic heterocycles. The number of carbonyl (C=O) groups excluding carboxylic acids is 6. The van der Waals surface area contributed by atoms with E-state index in [9.17, 15) is 19.2 Å². The van der Waals surface area contributed by atoms with E-state index in [1.54, 1.807) is 97.1 Å². The van der Waals surface area contributed by atoms with Crippen molar-refractivity contribution < 1.29 is 57.2 Å². The molecule has 4 aromatic rings. The zero-order valence-corrected chi connectivity index (χ0v) is 31.8. The second-order valence-electron chi connectivity index (χ2n) is 13.7. The lowest BCUT2D eigenvalue weighted by Crippen LogP contribution is -2.89. The molecule has 0 spiro atoms. The maximum Gasteiger partial charge on any atom is 0.419 e. The zero-order valence-electron chi connectivity index (χ0n) is 31.8. The van der Waals surface area contributed by atoms with Gasteiger partial charge < -0.3 is 28.4 Å². The van der Waals surface area contributed by atoms with Crippen molar-refractivity contribution in [3.63, 3.8) is 0 Å². The van der Waals surface area contributed by atoms with E-state index in [4.69, 9.17) is 28.4 Å². The number of hydrogen-bond acceptors (Lipinski definition) is 12. The maximum atomic E-state index is 15.2. The van der Waals surface area contributed by atoms with Gasteiger partial charge in [0, 0.05) is 24.2 Å². The minimum Gasteiger partial charge on any atom is -0.468 e. The molecule has 2 amide bonds. The zero-order chi connectivity index (χ0) is 41.2. The minimum atomic E-state index is -2.26. The van der Waals surface area contributed by atoms with Gasteiger partial charge in [0.1, 0.15) is 22.3 Å². The van der Waals surface area contributed by atoms with E-state index in [0.717, 1.165) is 38.2 Å². The van der Waals surface area contributed by atoms with E-state index in [2.05, 4.69) is 0 Å². The number of para-hydroxylation sites is 2. The van der Waals surface area contributed by atoms with E-state index in [1.807, 2.05) is 0 Å². The van der Waals surface area contributed by atoms with Gasteiger partial charge in [-0.15, -0.1) is 0 Å². The van der Waals surface area contributed by atoms with Crippen LogP contribution in [0.25, 0.3) is 0 Å². The fourth-order valence-electron chi connectivity index (χ4n) is 9.07. The second kappa shape index (κ2) is 15.7. The highest BCUT2D eigenvalue weighted by atomic mass is 16.6. The van der Waals surface area contributed by atoms with Crippen LogP contribution < -0.4 is 9.47 Å². The van der Waals surface area contributed by atoms with Crippen LogP contribution in [0.5, 0.6) is 11.5 Å². The average Bonchev–Trinajstić information content (AvgIpc) is 3.26. The van der Waals surface area contributed by atoms with Gasteiger partial charge >= 0.3 is 36.1 Å². The first kappa shape index (κ1) is 39.0. The third-order valence-electron chi connectivity index (χ3n) is 11.0. The molecule has 58 heavy (non-hydrogen) atoms. The van der Waals surface area contributed by atoms with E-state index in [-0.39, 0.29) is 22.6 Å². The van der Waals surface area contributed by atoms with Crippen molar-refractivity contribution in [1.82, 2.24) is 9.80 Å². The molecule has 7 rings (SSSR count). The molecular weight excluding hydrogens is 748 g/mol. The van der Waals surface area contributed by atoms with E-state index in [0.29, 0.717) is 11.1 Å². The molecule has 0 atom stereocenters. The Morgan fingerprint density at radius 3 is 1.05 bits per heavy atom. The Hall–Kier alpha value is -7.22. The molecule has 0 radical (unpaired) electrons. The Kier molecular flexibility index (Phi) is 10.6. The normalized spacial score (nSPS) is 24.2. The van der Waals surface area contributed by atoms with Crippen LogP contribution >= 0.6 is 0 Å². The smallest absolute Gasteiger partial charge is 0.419 e. The van der Waals surface area contributed by atoms with Crippen LogP contribution in [-0.4, -0.2) is 86.4 Å². The Morgan fingerprint density at radius 1 is 0.448 bits per heavy atom. The van der Waals surface area contributed by atoms with Crippen molar-refractivity contribution in [2.24, 2.45) is 10.8 Å². The number of nitrogens with zero attached hydrogens (tertiary/aromatic N) is 2. The summed E-state index contributed by atoms with van der Waals surface area (Å²) in [6.45, 7) is 0. The molecule has 3 aliphatic rings. The summed E-state index contributed by atoms with van der Waals surface area (Å²) in [6, 6.07) is 29.3. The number of esters is 4. The first-order chi connectivity index (χ1) is 28.1. The summed E-state index contributed by atoms with van der Waals surface area (Å²) in [4.78, 5) is 90.1. The quantitative estimate of drug-likeness (QED) is 0.157. The molecule has 1 aliphatic carbocycles. The van der Waals surface area contributed by atoms with Crippen LogP contribution in [0.3, 0.4) is 0 Å². The monoisotopic (exact) mass is 786 g/mol. The standard InChI is InChI=1S/C44H38N2O12/c1-53-35(47)31-25-45(41(51)57-29-21-13-7-14-22-29)37-43(39(49)55-3,33(31)27-17-9-5-10-18-27)38-44(37,40(50)56-4)34(28-19-11-6-12-20-28)32(36(48)54-2)26-46(38)42(52)58-30-23-15-8-16-24-30/h5-26,33-34,37-38H,1-4H3/t33-,34+,37?,38?,43?,44?. The summed E-state index contributed by atoms with van der Waals surface area (Å²) in [5, 5.41) is 0. The number of benzene rings is 4. The number of carbonyl (C=O) groups is 6. The molecule has 1 saturated carbocycles. The maximum absolute atomic E-state index is 15.2. The van der Waals surface area contributed by atoms with Crippen molar-refractivity contribution >= 4 is 36.1 Å². The summed E-state index contributed by atoms with van der Waals surface area (Å²) in [5.41, 5.74) is -4.24. The number of ether oxygens (including phenoxy) is 6. The molecule has 0 saturated heterocycles. The Bertz CT molecular complexity index is 2120. The second-order valence-corrected chi connectivity index (χ2v) is 13.7. The first-order valence-electron chi connectivity index (χ1n) is 18.1. The van der Waals surface area contributed by atoms with Crippen LogP contribution in [0, 0.1) is 10.8 Å². The predicted octanol–water partition coefficient (Wildman–Crippen LogP) is 5.77. The van der Waals surface area contributed by atoms with Crippen LogP contribution in [-0.2, 0) is 38.1 Å². The third-order valence-corrected chi connectivity index (χ3v) is 11.0. The first-order valence-corrected chi connectivity index (χ1v) is 18.1. The van der Waals surface area contributed by atoms with Crippen molar-refractivity contribution in [3.8, 4) is 11.5 Å². The van der Waals surface area contributed by atoms with Gasteiger partial charge in [0.05, 0.1) is 51.7 Å². The molecule has 14 heteroatoms. The van der Waals surface area contributed by atoms with Crippen molar-refractivity contribution in [2.45, 2.75) is 23.9 Å². The van der Waals surface area contributed by atoms with Gasteiger partial charge in [-0.1, -0.05) is 97.1 Å². The van der Waals surface area contributed by atoms with Gasteiger partial charge in [-0.2, -0.15) is 0 Å². The molecular formula is C44H38N2O12. The molecule has 0 unspecified atom stereocenters. The Morgan fingerprint density at radius 2 is 0.759 bits per heavy atom. The number of fused-ring (bicyclic) bond motifs is 4. The van der Waals surface area contributed by atoms with Crippen LogP contribution in [0.4, 0.5) is 9.59 Å². The lowest BCUT2D eigenvalue weighted by molar-refractivity contribution is -0.239. The van der Waals surface area contributed by atoms with E-state index < -0.39 is 70.8 Å². The summed E-state index contributed by atoms with van der Waals surface area (Å²) in [7, 11) is 4.48.